The number of hydrogen-bond acceptors (Lipinski definition) is 7. The van der Waals surface area contributed by atoms with Crippen LogP contribution in [-0.4, -0.2) is 82.5 Å². The Morgan fingerprint density at radius 1 is 0.870 bits per heavy atom. The van der Waals surface area contributed by atoms with Gasteiger partial charge in [0.1, 0.15) is 24.5 Å². The fraction of sp³-hybridized carbons (Fsp3) is 0.214. The summed E-state index contributed by atoms with van der Waals surface area (Å²) in [6.45, 7) is 0.123. The zero-order valence-corrected chi connectivity index (χ0v) is 29.7. The van der Waals surface area contributed by atoms with Crippen LogP contribution in [0.25, 0.3) is 10.8 Å². The van der Waals surface area contributed by atoms with E-state index in [1.165, 1.54) is 5.01 Å². The minimum Gasteiger partial charge on any atom is -0.497 e. The van der Waals surface area contributed by atoms with Crippen LogP contribution >= 0.6 is 0 Å². The van der Waals surface area contributed by atoms with Crippen molar-refractivity contribution in [3.05, 3.63) is 144 Å². The lowest BCUT2D eigenvalue weighted by atomic mass is 9.98. The van der Waals surface area contributed by atoms with Crippen LogP contribution in [-0.2, 0) is 29.1 Å². The number of rotatable bonds is 11. The molecule has 5 aromatic carbocycles. The Bertz CT molecular complexity index is 2200. The van der Waals surface area contributed by atoms with Crippen molar-refractivity contribution in [3.8, 4) is 11.8 Å². The smallest absolute Gasteiger partial charge is 0.333 e. The lowest BCUT2D eigenvalue weighted by molar-refractivity contribution is -0.157. The monoisotopic (exact) mass is 721 g/mol. The molecule has 0 aliphatic carbocycles. The molecule has 2 N–H and O–H groups in total. The summed E-state index contributed by atoms with van der Waals surface area (Å²) in [7, 11) is 1.58. The average Bonchev–Trinajstić information content (AvgIpc) is 3.53. The van der Waals surface area contributed by atoms with Crippen molar-refractivity contribution in [2.24, 2.45) is 0 Å². The number of nitriles is 1. The van der Waals surface area contributed by atoms with Gasteiger partial charge in [-0.05, 0) is 63.9 Å². The summed E-state index contributed by atoms with van der Waals surface area (Å²) >= 11 is 0. The zero-order valence-electron chi connectivity index (χ0n) is 29.7. The molecule has 5 aromatic rings. The Kier molecular flexibility index (Phi) is 10.5. The quantitative estimate of drug-likeness (QED) is 0.180. The van der Waals surface area contributed by atoms with E-state index in [0.29, 0.717) is 17.0 Å². The fourth-order valence-electron chi connectivity index (χ4n) is 7.13. The number of fused-ring (bicyclic) bond motifs is 2. The second kappa shape index (κ2) is 15.9. The number of hydrazine groups is 1. The maximum absolute atomic E-state index is 14.5. The van der Waals surface area contributed by atoms with Gasteiger partial charge in [-0.3, -0.25) is 14.4 Å². The predicted molar refractivity (Wildman–Crippen MR) is 203 cm³/mol. The van der Waals surface area contributed by atoms with Crippen molar-refractivity contribution in [2.45, 2.75) is 31.7 Å². The van der Waals surface area contributed by atoms with Gasteiger partial charge in [-0.2, -0.15) is 10.3 Å². The highest BCUT2D eigenvalue weighted by atomic mass is 16.5. The summed E-state index contributed by atoms with van der Waals surface area (Å²) in [6.07, 6.45) is -0.504. The highest BCUT2D eigenvalue weighted by Crippen LogP contribution is 2.31. The number of methoxy groups -OCH3 is 1. The fourth-order valence-corrected chi connectivity index (χ4v) is 7.13. The Hall–Kier alpha value is -6.71. The molecule has 54 heavy (non-hydrogen) atoms. The van der Waals surface area contributed by atoms with E-state index in [1.54, 1.807) is 70.4 Å². The molecule has 2 fully saturated rings. The Morgan fingerprint density at radius 2 is 1.57 bits per heavy atom. The van der Waals surface area contributed by atoms with E-state index < -0.39 is 18.2 Å². The molecule has 0 radical (unpaired) electrons. The van der Waals surface area contributed by atoms with Gasteiger partial charge in [0, 0.05) is 30.8 Å². The first-order valence-corrected chi connectivity index (χ1v) is 17.7. The lowest BCUT2D eigenvalue weighted by Crippen LogP contribution is -2.66. The number of benzene rings is 5. The molecule has 0 spiro atoms. The topological polar surface area (TPSA) is 138 Å². The van der Waals surface area contributed by atoms with E-state index in [2.05, 4.69) is 16.7 Å². The second-order valence-electron chi connectivity index (χ2n) is 13.2. The third kappa shape index (κ3) is 7.58. The van der Waals surface area contributed by atoms with Crippen molar-refractivity contribution in [1.29, 1.82) is 5.26 Å². The molecule has 0 bridgehead atoms. The van der Waals surface area contributed by atoms with Crippen molar-refractivity contribution < 1.29 is 23.9 Å². The van der Waals surface area contributed by atoms with Gasteiger partial charge in [0.15, 0.2) is 0 Å². The zero-order chi connectivity index (χ0) is 37.6. The minimum atomic E-state index is -0.882. The summed E-state index contributed by atoms with van der Waals surface area (Å²) < 4.78 is 5.23. The van der Waals surface area contributed by atoms with Crippen LogP contribution in [0.5, 0.6) is 5.75 Å². The van der Waals surface area contributed by atoms with E-state index in [9.17, 15) is 24.4 Å². The van der Waals surface area contributed by atoms with Gasteiger partial charge in [0.2, 0.25) is 11.8 Å². The van der Waals surface area contributed by atoms with Crippen molar-refractivity contribution in [3.63, 3.8) is 0 Å². The van der Waals surface area contributed by atoms with E-state index in [0.717, 1.165) is 27.5 Å². The third-order valence-electron chi connectivity index (χ3n) is 9.85. The number of nitrogens with one attached hydrogen (secondary N) is 2. The van der Waals surface area contributed by atoms with Gasteiger partial charge in [-0.1, -0.05) is 84.9 Å². The van der Waals surface area contributed by atoms with E-state index in [-0.39, 0.29) is 56.9 Å². The number of amides is 5. The minimum absolute atomic E-state index is 0.127. The molecule has 2 saturated heterocycles. The van der Waals surface area contributed by atoms with Gasteiger partial charge in [-0.25, -0.2) is 9.80 Å². The van der Waals surface area contributed by atoms with E-state index in [1.807, 2.05) is 72.8 Å². The predicted octanol–water partition coefficient (Wildman–Crippen LogP) is 5.17. The molecule has 7 rings (SSSR count). The number of piperazine rings is 1. The van der Waals surface area contributed by atoms with Gasteiger partial charge in [-0.15, -0.1) is 0 Å². The maximum atomic E-state index is 14.5. The molecular formula is C42H39N7O5. The summed E-state index contributed by atoms with van der Waals surface area (Å²) in [5.41, 5.74) is 3.69. The lowest BCUT2D eigenvalue weighted by Gasteiger charge is -2.46. The molecule has 2 heterocycles. The first-order chi connectivity index (χ1) is 26.3. The molecule has 272 valence electrons. The molecule has 12 heteroatoms. The number of nitrogens with zero attached hydrogens (tertiary/aromatic N) is 5. The second-order valence-corrected chi connectivity index (χ2v) is 13.2. The highest BCUT2D eigenvalue weighted by Gasteiger charge is 2.52. The van der Waals surface area contributed by atoms with Gasteiger partial charge in [0.25, 0.3) is 5.91 Å². The molecule has 2 aliphatic rings. The summed E-state index contributed by atoms with van der Waals surface area (Å²) in [6, 6.07) is 38.0. The molecule has 12 nitrogen and oxygen atoms in total. The molecule has 5 amide bonds. The Balaban J connectivity index is 1.15. The standard InChI is InChI=1S/C42H39N7O5/c1-54-35-20-16-30(17-21-35)25-44-42(53)47(23-22-43)48-28-39(50)49-37(24-29-14-18-34(19-15-29)45-40(51)32-9-3-2-4-10-32)41(52)46(27-38(48)49)26-33-12-7-11-31-8-5-6-13-36(31)33/h2-21,37-38H,23-28H2,1H3,(H,44,53)(H,45,51)/t37-,38+/m0/s1. The normalized spacial score (nSPS) is 16.8. The van der Waals surface area contributed by atoms with Crippen LogP contribution in [0.15, 0.2) is 121 Å². The van der Waals surface area contributed by atoms with Crippen LogP contribution in [0.2, 0.25) is 0 Å². The molecule has 0 aromatic heterocycles. The SMILES string of the molecule is COc1ccc(CNC(=O)N(CC#N)N2CC(=O)N3[C@@H](Cc4ccc(NC(=O)c5ccccc5)cc4)C(=O)N(Cc4cccc5ccccc45)C[C@@H]32)cc1. The molecule has 0 saturated carbocycles. The number of carbonyl (C=O) groups is 4. The van der Waals surface area contributed by atoms with Crippen molar-refractivity contribution in [1.82, 2.24) is 25.1 Å². The first kappa shape index (κ1) is 35.7. The highest BCUT2D eigenvalue weighted by molar-refractivity contribution is 6.04. The Morgan fingerprint density at radius 3 is 2.31 bits per heavy atom. The largest absolute Gasteiger partial charge is 0.497 e. The number of ether oxygens (including phenoxy) is 1. The first-order valence-electron chi connectivity index (χ1n) is 17.7. The van der Waals surface area contributed by atoms with Gasteiger partial charge < -0.3 is 25.2 Å². The number of hydrogen-bond donors (Lipinski definition) is 2. The molecule has 2 aliphatic heterocycles. The van der Waals surface area contributed by atoms with Crippen LogP contribution in [0.3, 0.4) is 0 Å². The molecule has 0 unspecified atom stereocenters. The molecule has 2 atom stereocenters. The summed E-state index contributed by atoms with van der Waals surface area (Å²) in [5.74, 6) is -0.0880. The van der Waals surface area contributed by atoms with E-state index in [4.69, 9.17) is 4.74 Å². The summed E-state index contributed by atoms with van der Waals surface area (Å²) in [5, 5.41) is 20.5. The number of carbonyl (C=O) groups excluding carboxylic acids is 4. The van der Waals surface area contributed by atoms with Crippen LogP contribution < -0.4 is 15.4 Å². The van der Waals surface area contributed by atoms with Gasteiger partial charge >= 0.3 is 6.03 Å². The molecular weight excluding hydrogens is 683 g/mol. The van der Waals surface area contributed by atoms with Crippen LogP contribution in [0, 0.1) is 11.3 Å². The number of anilines is 1. The summed E-state index contributed by atoms with van der Waals surface area (Å²) in [4.78, 5) is 58.1. The van der Waals surface area contributed by atoms with Crippen molar-refractivity contribution >= 4 is 40.2 Å². The van der Waals surface area contributed by atoms with E-state index >= 15 is 0 Å². The van der Waals surface area contributed by atoms with Crippen LogP contribution in [0.4, 0.5) is 10.5 Å². The average molecular weight is 722 g/mol. The van der Waals surface area contributed by atoms with Crippen LogP contribution in [0.1, 0.15) is 27.0 Å². The van der Waals surface area contributed by atoms with Crippen molar-refractivity contribution in [2.75, 3.05) is 32.1 Å². The Labute approximate surface area is 313 Å². The third-order valence-corrected chi connectivity index (χ3v) is 9.85. The van der Waals surface area contributed by atoms with Gasteiger partial charge in [0.05, 0.1) is 26.3 Å². The number of urea groups is 1. The maximum Gasteiger partial charge on any atom is 0.333 e.